The zero-order valence-corrected chi connectivity index (χ0v) is 28.2. The number of fused-ring (bicyclic) bond motifs is 5. The third-order valence-corrected chi connectivity index (χ3v) is 9.95. The molecule has 4 nitrogen and oxygen atoms in total. The summed E-state index contributed by atoms with van der Waals surface area (Å²) >= 11 is 0. The summed E-state index contributed by atoms with van der Waals surface area (Å²) in [6.45, 7) is 0. The normalized spacial score (nSPS) is 11.5. The fraction of sp³-hybridized carbons (Fsp3) is 0.0208. The molecule has 0 atom stereocenters. The van der Waals surface area contributed by atoms with Crippen molar-refractivity contribution in [3.8, 4) is 45.0 Å². The second-order valence-electron chi connectivity index (χ2n) is 13.2. The zero-order valence-electron chi connectivity index (χ0n) is 28.2. The van der Waals surface area contributed by atoms with E-state index in [0.29, 0.717) is 23.9 Å². The number of hydrogen-bond donors (Lipinski definition) is 0. The molecule has 10 rings (SSSR count). The number of nitrogens with zero attached hydrogens (tertiary/aromatic N) is 3. The van der Waals surface area contributed by atoms with Gasteiger partial charge in [0, 0.05) is 28.3 Å². The Morgan fingerprint density at radius 2 is 0.923 bits per heavy atom. The Balaban J connectivity index is 1.09. The van der Waals surface area contributed by atoms with E-state index < -0.39 is 0 Å². The summed E-state index contributed by atoms with van der Waals surface area (Å²) in [4.78, 5) is 15.3. The lowest BCUT2D eigenvalue weighted by atomic mass is 9.98. The van der Waals surface area contributed by atoms with Crippen molar-refractivity contribution < 1.29 is 4.42 Å². The van der Waals surface area contributed by atoms with Crippen molar-refractivity contribution in [1.82, 2.24) is 15.0 Å². The van der Waals surface area contributed by atoms with Gasteiger partial charge in [-0.05, 0) is 79.7 Å². The van der Waals surface area contributed by atoms with E-state index in [-0.39, 0.29) is 0 Å². The van der Waals surface area contributed by atoms with Gasteiger partial charge in [-0.2, -0.15) is 0 Å². The SMILES string of the molecule is c1ccc(-c2ccc(-c3nc(Cc4cccc5oc6ccc(-c7ccc8ccccc8c7)cc6c45)nc(-c4ccc5ccccc5c4)n3)cc2)cc1. The molecule has 4 heteroatoms. The maximum Gasteiger partial charge on any atom is 0.163 e. The summed E-state index contributed by atoms with van der Waals surface area (Å²) in [5.41, 5.74) is 9.36. The van der Waals surface area contributed by atoms with Gasteiger partial charge < -0.3 is 4.42 Å². The molecule has 0 radical (unpaired) electrons. The summed E-state index contributed by atoms with van der Waals surface area (Å²) in [6, 6.07) is 61.5. The second kappa shape index (κ2) is 12.4. The molecule has 0 amide bonds. The van der Waals surface area contributed by atoms with Crippen LogP contribution in [0.1, 0.15) is 11.4 Å². The van der Waals surface area contributed by atoms with Crippen LogP contribution in [0.5, 0.6) is 0 Å². The van der Waals surface area contributed by atoms with Crippen LogP contribution in [0.4, 0.5) is 0 Å². The van der Waals surface area contributed by atoms with Crippen LogP contribution in [0.15, 0.2) is 180 Å². The number of hydrogen-bond acceptors (Lipinski definition) is 4. The summed E-state index contributed by atoms with van der Waals surface area (Å²) < 4.78 is 6.41. The molecule has 0 fully saturated rings. The van der Waals surface area contributed by atoms with Gasteiger partial charge in [0.2, 0.25) is 0 Å². The molecule has 2 aromatic heterocycles. The molecule has 244 valence electrons. The summed E-state index contributed by atoms with van der Waals surface area (Å²) in [5, 5.41) is 6.94. The summed E-state index contributed by atoms with van der Waals surface area (Å²) in [5.74, 6) is 2.00. The predicted molar refractivity (Wildman–Crippen MR) is 213 cm³/mol. The minimum atomic E-state index is 0.518. The molecule has 0 spiro atoms. The molecular weight excluding hydrogens is 635 g/mol. The van der Waals surface area contributed by atoms with Crippen LogP contribution in [-0.4, -0.2) is 15.0 Å². The Hall–Kier alpha value is -6.91. The quantitative estimate of drug-likeness (QED) is 0.177. The maximum atomic E-state index is 6.41. The molecule has 52 heavy (non-hydrogen) atoms. The van der Waals surface area contributed by atoms with E-state index >= 15 is 0 Å². The molecular formula is C48H31N3O. The average Bonchev–Trinajstić information content (AvgIpc) is 3.60. The molecule has 10 aromatic rings. The first-order valence-electron chi connectivity index (χ1n) is 17.6. The second-order valence-corrected chi connectivity index (χ2v) is 13.2. The van der Waals surface area contributed by atoms with Gasteiger partial charge in [0.15, 0.2) is 11.6 Å². The average molecular weight is 666 g/mol. The highest BCUT2D eigenvalue weighted by atomic mass is 16.3. The lowest BCUT2D eigenvalue weighted by Gasteiger charge is -2.10. The molecule has 0 aliphatic carbocycles. The van der Waals surface area contributed by atoms with Crippen molar-refractivity contribution in [2.45, 2.75) is 6.42 Å². The van der Waals surface area contributed by atoms with Crippen LogP contribution in [-0.2, 0) is 6.42 Å². The summed E-state index contributed by atoms with van der Waals surface area (Å²) in [6.07, 6.45) is 0.518. The Morgan fingerprint density at radius 3 is 1.67 bits per heavy atom. The highest BCUT2D eigenvalue weighted by molar-refractivity contribution is 6.08. The molecule has 0 aliphatic heterocycles. The minimum Gasteiger partial charge on any atom is -0.456 e. The molecule has 8 aromatic carbocycles. The highest BCUT2D eigenvalue weighted by Gasteiger charge is 2.17. The van der Waals surface area contributed by atoms with Gasteiger partial charge in [0.25, 0.3) is 0 Å². The van der Waals surface area contributed by atoms with Crippen LogP contribution in [0, 0.1) is 0 Å². The number of aromatic nitrogens is 3. The van der Waals surface area contributed by atoms with E-state index in [1.807, 2.05) is 12.1 Å². The van der Waals surface area contributed by atoms with Crippen molar-refractivity contribution in [2.75, 3.05) is 0 Å². The van der Waals surface area contributed by atoms with E-state index in [1.54, 1.807) is 0 Å². The van der Waals surface area contributed by atoms with Crippen molar-refractivity contribution in [2.24, 2.45) is 0 Å². The number of rotatable bonds is 6. The first-order valence-corrected chi connectivity index (χ1v) is 17.6. The van der Waals surface area contributed by atoms with E-state index in [4.69, 9.17) is 19.4 Å². The van der Waals surface area contributed by atoms with Gasteiger partial charge in [0.1, 0.15) is 17.0 Å². The monoisotopic (exact) mass is 665 g/mol. The van der Waals surface area contributed by atoms with Crippen LogP contribution in [0.25, 0.3) is 88.5 Å². The fourth-order valence-corrected chi connectivity index (χ4v) is 7.29. The smallest absolute Gasteiger partial charge is 0.163 e. The van der Waals surface area contributed by atoms with Gasteiger partial charge in [-0.3, -0.25) is 0 Å². The third kappa shape index (κ3) is 5.47. The Kier molecular flexibility index (Phi) is 7.17. The van der Waals surface area contributed by atoms with Crippen LogP contribution < -0.4 is 0 Å². The molecule has 0 saturated heterocycles. The van der Waals surface area contributed by atoms with Crippen molar-refractivity contribution in [3.05, 3.63) is 187 Å². The van der Waals surface area contributed by atoms with Gasteiger partial charge in [0.05, 0.1) is 0 Å². The Labute approximate surface area is 300 Å². The van der Waals surface area contributed by atoms with Crippen molar-refractivity contribution in [3.63, 3.8) is 0 Å². The topological polar surface area (TPSA) is 51.8 Å². The van der Waals surface area contributed by atoms with E-state index in [2.05, 4.69) is 164 Å². The first kappa shape index (κ1) is 30.0. The van der Waals surface area contributed by atoms with Gasteiger partial charge in [-0.15, -0.1) is 0 Å². The minimum absolute atomic E-state index is 0.518. The standard InChI is InChI=1S/C48H31N3O/c1-2-9-31(10-3-1)34-17-21-35(22-18-34)47-49-45(50-48(51-47)41-24-20-33-12-5-7-14-37(33)28-41)30-40-15-8-16-44-46(40)42-29-39(25-26-43(42)52-44)38-23-19-32-11-4-6-13-36(32)27-38/h1-29H,30H2. The lowest BCUT2D eigenvalue weighted by Crippen LogP contribution is -2.04. The molecule has 0 N–H and O–H groups in total. The van der Waals surface area contributed by atoms with Gasteiger partial charge >= 0.3 is 0 Å². The Morgan fingerprint density at radius 1 is 0.365 bits per heavy atom. The van der Waals surface area contributed by atoms with Gasteiger partial charge in [-0.25, -0.2) is 15.0 Å². The molecule has 0 unspecified atom stereocenters. The van der Waals surface area contributed by atoms with Crippen molar-refractivity contribution in [1.29, 1.82) is 0 Å². The lowest BCUT2D eigenvalue weighted by molar-refractivity contribution is 0.668. The van der Waals surface area contributed by atoms with Crippen LogP contribution in [0.2, 0.25) is 0 Å². The molecule has 0 aliphatic rings. The Bertz CT molecular complexity index is 2930. The predicted octanol–water partition coefficient (Wildman–Crippen LogP) is 12.3. The first-order chi connectivity index (χ1) is 25.7. The van der Waals surface area contributed by atoms with Crippen LogP contribution in [0.3, 0.4) is 0 Å². The van der Waals surface area contributed by atoms with Gasteiger partial charge in [-0.1, -0.05) is 146 Å². The van der Waals surface area contributed by atoms with E-state index in [9.17, 15) is 0 Å². The molecule has 0 saturated carbocycles. The zero-order chi connectivity index (χ0) is 34.4. The largest absolute Gasteiger partial charge is 0.456 e. The fourth-order valence-electron chi connectivity index (χ4n) is 7.29. The number of benzene rings is 8. The van der Waals surface area contributed by atoms with E-state index in [1.165, 1.54) is 27.3 Å². The van der Waals surface area contributed by atoms with Crippen molar-refractivity contribution >= 4 is 43.5 Å². The number of furan rings is 1. The third-order valence-electron chi connectivity index (χ3n) is 9.95. The maximum absolute atomic E-state index is 6.41. The van der Waals surface area contributed by atoms with E-state index in [0.717, 1.165) is 55.1 Å². The molecule has 2 heterocycles. The highest BCUT2D eigenvalue weighted by Crippen LogP contribution is 2.36. The van der Waals surface area contributed by atoms with Crippen LogP contribution >= 0.6 is 0 Å². The molecule has 0 bridgehead atoms. The summed E-state index contributed by atoms with van der Waals surface area (Å²) in [7, 11) is 0.